The van der Waals surface area contributed by atoms with Gasteiger partial charge in [-0.25, -0.2) is 4.98 Å². The van der Waals surface area contributed by atoms with Crippen molar-refractivity contribution < 1.29 is 4.74 Å². The molecule has 0 bridgehead atoms. The zero-order valence-electron chi connectivity index (χ0n) is 11.5. The van der Waals surface area contributed by atoms with Crippen molar-refractivity contribution in [1.29, 1.82) is 0 Å². The maximum Gasteiger partial charge on any atom is 0.118 e. The lowest BCUT2D eigenvalue weighted by atomic mass is 10.1. The fraction of sp³-hybridized carbons (Fsp3) is 0.400. The number of rotatable bonds is 7. The predicted molar refractivity (Wildman–Crippen MR) is 79.9 cm³/mol. The fourth-order valence-corrected chi connectivity index (χ4v) is 2.65. The Morgan fingerprint density at radius 2 is 2.05 bits per heavy atom. The van der Waals surface area contributed by atoms with Crippen molar-refractivity contribution >= 4 is 11.3 Å². The molecule has 0 saturated carbocycles. The van der Waals surface area contributed by atoms with E-state index in [0.717, 1.165) is 37.4 Å². The average Bonchev–Trinajstić information content (AvgIpc) is 2.88. The number of methoxy groups -OCH3 is 1. The number of hydrogen-bond donors (Lipinski definition) is 1. The van der Waals surface area contributed by atoms with Crippen LogP contribution in [0.1, 0.15) is 29.6 Å². The summed E-state index contributed by atoms with van der Waals surface area (Å²) in [4.78, 5) is 4.64. The van der Waals surface area contributed by atoms with Crippen LogP contribution in [-0.4, -0.2) is 18.6 Å². The van der Waals surface area contributed by atoms with Crippen LogP contribution in [0.4, 0.5) is 0 Å². The number of nitrogens with zero attached hydrogens (tertiary/aromatic N) is 1. The Hall–Kier alpha value is -1.39. The number of benzene rings is 1. The maximum atomic E-state index is 5.16. The largest absolute Gasteiger partial charge is 0.497 e. The van der Waals surface area contributed by atoms with E-state index in [0.29, 0.717) is 0 Å². The van der Waals surface area contributed by atoms with Crippen molar-refractivity contribution in [1.82, 2.24) is 10.3 Å². The van der Waals surface area contributed by atoms with Crippen molar-refractivity contribution in [2.24, 2.45) is 0 Å². The molecule has 0 radical (unpaired) electrons. The summed E-state index contributed by atoms with van der Waals surface area (Å²) in [5.74, 6) is 0.896. The van der Waals surface area contributed by atoms with Gasteiger partial charge in [-0.3, -0.25) is 0 Å². The van der Waals surface area contributed by atoms with E-state index in [1.807, 2.05) is 12.1 Å². The Labute approximate surface area is 118 Å². The van der Waals surface area contributed by atoms with Gasteiger partial charge in [0.25, 0.3) is 0 Å². The zero-order chi connectivity index (χ0) is 13.5. The second-order valence-electron chi connectivity index (χ2n) is 4.43. The van der Waals surface area contributed by atoms with Crippen molar-refractivity contribution in [3.8, 4) is 5.75 Å². The first-order valence-corrected chi connectivity index (χ1v) is 7.46. The molecule has 0 unspecified atom stereocenters. The van der Waals surface area contributed by atoms with Crippen molar-refractivity contribution in [3.05, 3.63) is 45.9 Å². The molecule has 0 aliphatic heterocycles. The lowest BCUT2D eigenvalue weighted by Gasteiger charge is -2.01. The van der Waals surface area contributed by atoms with E-state index in [1.54, 1.807) is 18.4 Å². The maximum absolute atomic E-state index is 5.16. The molecule has 2 aromatic rings. The average molecular weight is 276 g/mol. The third-order valence-corrected chi connectivity index (χ3v) is 3.74. The number of aromatic nitrogens is 1. The number of hydrogen-bond acceptors (Lipinski definition) is 4. The van der Waals surface area contributed by atoms with Gasteiger partial charge >= 0.3 is 0 Å². The molecule has 2 rings (SSSR count). The van der Waals surface area contributed by atoms with E-state index in [-0.39, 0.29) is 0 Å². The number of thiazole rings is 1. The van der Waals surface area contributed by atoms with Gasteiger partial charge in [-0.15, -0.1) is 11.3 Å². The molecule has 1 N–H and O–H groups in total. The summed E-state index contributed by atoms with van der Waals surface area (Å²) in [6.07, 6.45) is 2.05. The van der Waals surface area contributed by atoms with Gasteiger partial charge in [0.05, 0.1) is 17.8 Å². The molecule has 0 spiro atoms. The monoisotopic (exact) mass is 276 g/mol. The minimum Gasteiger partial charge on any atom is -0.497 e. The van der Waals surface area contributed by atoms with Crippen LogP contribution in [0, 0.1) is 0 Å². The molecule has 4 heteroatoms. The molecule has 102 valence electrons. The van der Waals surface area contributed by atoms with Crippen molar-refractivity contribution in [2.45, 2.75) is 26.3 Å². The highest BCUT2D eigenvalue weighted by molar-refractivity contribution is 7.09. The summed E-state index contributed by atoms with van der Waals surface area (Å²) < 4.78 is 5.16. The molecular formula is C15H20N2OS. The Bertz CT molecular complexity index is 493. The van der Waals surface area contributed by atoms with Crippen LogP contribution in [0.15, 0.2) is 29.6 Å². The lowest BCUT2D eigenvalue weighted by molar-refractivity contribution is 0.414. The molecule has 0 atom stereocenters. The zero-order valence-corrected chi connectivity index (χ0v) is 12.3. The van der Waals surface area contributed by atoms with Crippen LogP contribution in [-0.2, 0) is 13.0 Å². The van der Waals surface area contributed by atoms with Gasteiger partial charge in [-0.1, -0.05) is 19.1 Å². The Morgan fingerprint density at radius 3 is 2.74 bits per heavy atom. The molecule has 3 nitrogen and oxygen atoms in total. The van der Waals surface area contributed by atoms with Crippen LogP contribution in [0.2, 0.25) is 0 Å². The summed E-state index contributed by atoms with van der Waals surface area (Å²) in [6.45, 7) is 4.08. The third kappa shape index (κ3) is 4.33. The Morgan fingerprint density at radius 1 is 1.26 bits per heavy atom. The highest BCUT2D eigenvalue weighted by atomic mass is 32.1. The summed E-state index contributed by atoms with van der Waals surface area (Å²) >= 11 is 1.73. The van der Waals surface area contributed by atoms with E-state index in [2.05, 4.69) is 34.7 Å². The van der Waals surface area contributed by atoms with Crippen LogP contribution in [0.3, 0.4) is 0 Å². The van der Waals surface area contributed by atoms with Crippen LogP contribution < -0.4 is 10.1 Å². The molecule has 19 heavy (non-hydrogen) atoms. The van der Waals surface area contributed by atoms with Crippen molar-refractivity contribution in [2.75, 3.05) is 13.7 Å². The number of nitrogens with one attached hydrogen (secondary N) is 1. The van der Waals surface area contributed by atoms with Crippen molar-refractivity contribution in [3.63, 3.8) is 0 Å². The van der Waals surface area contributed by atoms with Gasteiger partial charge in [-0.2, -0.15) is 0 Å². The highest BCUT2D eigenvalue weighted by Crippen LogP contribution is 2.17. The molecule has 1 aromatic carbocycles. The smallest absolute Gasteiger partial charge is 0.118 e. The summed E-state index contributed by atoms with van der Waals surface area (Å²) in [5.41, 5.74) is 2.41. The van der Waals surface area contributed by atoms with Gasteiger partial charge < -0.3 is 10.1 Å². The molecule has 0 saturated heterocycles. The SMILES string of the molecule is CCCNCc1csc(Cc2ccc(OC)cc2)n1. The first-order valence-electron chi connectivity index (χ1n) is 6.58. The summed E-state index contributed by atoms with van der Waals surface area (Å²) in [5, 5.41) is 6.68. The Balaban J connectivity index is 1.91. The highest BCUT2D eigenvalue weighted by Gasteiger charge is 2.03. The fourth-order valence-electron chi connectivity index (χ4n) is 1.82. The van der Waals surface area contributed by atoms with E-state index >= 15 is 0 Å². The van der Waals surface area contributed by atoms with E-state index in [9.17, 15) is 0 Å². The first kappa shape index (κ1) is 14.0. The minimum absolute atomic E-state index is 0.868. The summed E-state index contributed by atoms with van der Waals surface area (Å²) in [7, 11) is 1.69. The normalized spacial score (nSPS) is 10.6. The molecule has 1 aromatic heterocycles. The predicted octanol–water partition coefficient (Wildman–Crippen LogP) is 3.24. The van der Waals surface area contributed by atoms with Crippen LogP contribution >= 0.6 is 11.3 Å². The van der Waals surface area contributed by atoms with Gasteiger partial charge in [0.2, 0.25) is 0 Å². The van der Waals surface area contributed by atoms with Gasteiger partial charge in [0.15, 0.2) is 0 Å². The van der Waals surface area contributed by atoms with Gasteiger partial charge in [-0.05, 0) is 30.7 Å². The lowest BCUT2D eigenvalue weighted by Crippen LogP contribution is -2.13. The van der Waals surface area contributed by atoms with E-state index in [4.69, 9.17) is 4.74 Å². The topological polar surface area (TPSA) is 34.1 Å². The second-order valence-corrected chi connectivity index (χ2v) is 5.38. The molecule has 0 aliphatic rings. The summed E-state index contributed by atoms with van der Waals surface area (Å²) in [6, 6.07) is 8.17. The number of ether oxygens (including phenoxy) is 1. The minimum atomic E-state index is 0.868. The second kappa shape index (κ2) is 7.26. The quantitative estimate of drug-likeness (QED) is 0.788. The third-order valence-electron chi connectivity index (χ3n) is 2.85. The standard InChI is InChI=1S/C15H20N2OS/c1-3-8-16-10-13-11-19-15(17-13)9-12-4-6-14(18-2)7-5-12/h4-7,11,16H,3,8-10H2,1-2H3. The van der Waals surface area contributed by atoms with Gasteiger partial charge in [0.1, 0.15) is 5.75 Å². The Kier molecular flexibility index (Phi) is 5.36. The van der Waals surface area contributed by atoms with Crippen LogP contribution in [0.25, 0.3) is 0 Å². The molecular weight excluding hydrogens is 256 g/mol. The van der Waals surface area contributed by atoms with Crippen LogP contribution in [0.5, 0.6) is 5.75 Å². The molecule has 1 heterocycles. The molecule has 0 amide bonds. The van der Waals surface area contributed by atoms with Gasteiger partial charge in [0, 0.05) is 18.3 Å². The first-order chi connectivity index (χ1) is 9.31. The molecule has 0 aliphatic carbocycles. The van der Waals surface area contributed by atoms with E-state index in [1.165, 1.54) is 10.6 Å². The molecule has 0 fully saturated rings. The van der Waals surface area contributed by atoms with E-state index < -0.39 is 0 Å².